The third-order valence-corrected chi connectivity index (χ3v) is 3.48. The predicted octanol–water partition coefficient (Wildman–Crippen LogP) is 3.88. The zero-order valence-electron chi connectivity index (χ0n) is 13.7. The smallest absolute Gasteiger partial charge is 0.292 e. The third-order valence-electron chi connectivity index (χ3n) is 3.48. The minimum absolute atomic E-state index is 0.102. The number of hydrogen-bond acceptors (Lipinski definition) is 3. The Balaban J connectivity index is 2.17. The zero-order chi connectivity index (χ0) is 16.7. The topological polar surface area (TPSA) is 50.7 Å². The maximum absolute atomic E-state index is 12.4. The second-order valence-corrected chi connectivity index (χ2v) is 5.22. The number of benzene rings is 2. The molecule has 2 aromatic rings. The lowest BCUT2D eigenvalue weighted by molar-refractivity contribution is 0.0965. The van der Waals surface area contributed by atoms with Crippen LogP contribution >= 0.6 is 0 Å². The first kappa shape index (κ1) is 16.7. The molecule has 0 fully saturated rings. The lowest BCUT2D eigenvalue weighted by Gasteiger charge is -2.13. The molecule has 4 heteroatoms. The van der Waals surface area contributed by atoms with Crippen LogP contribution in [0.5, 0.6) is 0 Å². The SMILES string of the molecule is CCOC(=N[C@H](C)c1ccccc1)NC(=O)c1ccccc1C. The van der Waals surface area contributed by atoms with Gasteiger partial charge < -0.3 is 4.74 Å². The van der Waals surface area contributed by atoms with Gasteiger partial charge in [-0.1, -0.05) is 48.5 Å². The molecule has 0 spiro atoms. The fourth-order valence-electron chi connectivity index (χ4n) is 2.22. The van der Waals surface area contributed by atoms with Crippen molar-refractivity contribution in [3.8, 4) is 0 Å². The van der Waals surface area contributed by atoms with Crippen molar-refractivity contribution in [1.29, 1.82) is 0 Å². The molecule has 2 rings (SSSR count). The number of amides is 1. The van der Waals surface area contributed by atoms with Gasteiger partial charge in [-0.25, -0.2) is 4.99 Å². The second-order valence-electron chi connectivity index (χ2n) is 5.22. The van der Waals surface area contributed by atoms with E-state index in [2.05, 4.69) is 10.3 Å². The summed E-state index contributed by atoms with van der Waals surface area (Å²) >= 11 is 0. The van der Waals surface area contributed by atoms with Gasteiger partial charge in [0.05, 0.1) is 12.6 Å². The highest BCUT2D eigenvalue weighted by Crippen LogP contribution is 2.16. The molecular formula is C19H22N2O2. The molecule has 1 atom stereocenters. The normalized spacial score (nSPS) is 12.6. The van der Waals surface area contributed by atoms with Crippen molar-refractivity contribution in [2.24, 2.45) is 4.99 Å². The summed E-state index contributed by atoms with van der Waals surface area (Å²) in [5.74, 6) is -0.212. The van der Waals surface area contributed by atoms with E-state index >= 15 is 0 Å². The van der Waals surface area contributed by atoms with Gasteiger partial charge >= 0.3 is 0 Å². The molecule has 0 saturated heterocycles. The number of aryl methyl sites for hydroxylation is 1. The van der Waals surface area contributed by atoms with Crippen molar-refractivity contribution >= 4 is 11.9 Å². The molecule has 0 aliphatic carbocycles. The summed E-state index contributed by atoms with van der Waals surface area (Å²) in [7, 11) is 0. The number of aliphatic imine (C=N–C) groups is 1. The van der Waals surface area contributed by atoms with Crippen LogP contribution in [0.1, 0.15) is 41.4 Å². The highest BCUT2D eigenvalue weighted by Gasteiger charge is 2.13. The van der Waals surface area contributed by atoms with Crippen molar-refractivity contribution in [3.05, 3.63) is 71.3 Å². The third kappa shape index (κ3) is 4.68. The maximum Gasteiger partial charge on any atom is 0.292 e. The summed E-state index contributed by atoms with van der Waals surface area (Å²) in [4.78, 5) is 16.9. The van der Waals surface area contributed by atoms with Gasteiger partial charge in [0.15, 0.2) is 0 Å². The Bertz CT molecular complexity index is 681. The van der Waals surface area contributed by atoms with Crippen LogP contribution in [0.2, 0.25) is 0 Å². The van der Waals surface area contributed by atoms with E-state index in [-0.39, 0.29) is 18.0 Å². The van der Waals surface area contributed by atoms with E-state index in [0.29, 0.717) is 12.2 Å². The van der Waals surface area contributed by atoms with Crippen molar-refractivity contribution in [2.45, 2.75) is 26.8 Å². The van der Waals surface area contributed by atoms with E-state index in [1.165, 1.54) is 0 Å². The highest BCUT2D eigenvalue weighted by atomic mass is 16.5. The van der Waals surface area contributed by atoms with E-state index < -0.39 is 0 Å². The molecule has 120 valence electrons. The Morgan fingerprint density at radius 2 is 1.78 bits per heavy atom. The number of carbonyl (C=O) groups is 1. The number of nitrogens with zero attached hydrogens (tertiary/aromatic N) is 1. The highest BCUT2D eigenvalue weighted by molar-refractivity contribution is 6.04. The van der Waals surface area contributed by atoms with Crippen molar-refractivity contribution < 1.29 is 9.53 Å². The van der Waals surface area contributed by atoms with Crippen LogP contribution in [-0.2, 0) is 4.74 Å². The number of rotatable bonds is 4. The monoisotopic (exact) mass is 310 g/mol. The molecule has 1 N–H and O–H groups in total. The van der Waals surface area contributed by atoms with E-state index in [0.717, 1.165) is 11.1 Å². The zero-order valence-corrected chi connectivity index (χ0v) is 13.7. The van der Waals surface area contributed by atoms with Crippen LogP contribution in [-0.4, -0.2) is 18.5 Å². The van der Waals surface area contributed by atoms with Gasteiger partial charge in [-0.2, -0.15) is 0 Å². The molecule has 0 heterocycles. The van der Waals surface area contributed by atoms with Crippen LogP contribution in [0, 0.1) is 6.92 Å². The Hall–Kier alpha value is -2.62. The summed E-state index contributed by atoms with van der Waals surface area (Å²) in [6.45, 7) is 6.17. The molecule has 1 amide bonds. The summed E-state index contributed by atoms with van der Waals surface area (Å²) in [5.41, 5.74) is 2.60. The van der Waals surface area contributed by atoms with Gasteiger partial charge in [0, 0.05) is 5.56 Å². The minimum atomic E-state index is -0.212. The second kappa shape index (κ2) is 8.13. The van der Waals surface area contributed by atoms with E-state index in [9.17, 15) is 4.79 Å². The predicted molar refractivity (Wildman–Crippen MR) is 92.6 cm³/mol. The molecule has 23 heavy (non-hydrogen) atoms. The first-order valence-electron chi connectivity index (χ1n) is 7.74. The standard InChI is InChI=1S/C19H22N2O2/c1-4-23-19(20-15(3)16-11-6-5-7-12-16)21-18(22)17-13-9-8-10-14(17)2/h5-13,15H,4H2,1-3H3,(H,20,21,22)/t15-/m1/s1. The molecule has 0 aliphatic heterocycles. The maximum atomic E-state index is 12.4. The molecule has 0 aromatic heterocycles. The molecular weight excluding hydrogens is 288 g/mol. The van der Waals surface area contributed by atoms with Gasteiger partial charge in [0.1, 0.15) is 0 Å². The van der Waals surface area contributed by atoms with Crippen LogP contribution < -0.4 is 5.32 Å². The molecule has 0 radical (unpaired) electrons. The Kier molecular flexibility index (Phi) is 5.92. The Morgan fingerprint density at radius 1 is 1.13 bits per heavy atom. The number of hydrogen-bond donors (Lipinski definition) is 1. The largest absolute Gasteiger partial charge is 0.465 e. The van der Waals surface area contributed by atoms with Crippen LogP contribution in [0.3, 0.4) is 0 Å². The minimum Gasteiger partial charge on any atom is -0.465 e. The van der Waals surface area contributed by atoms with Crippen LogP contribution in [0.15, 0.2) is 59.6 Å². The van der Waals surface area contributed by atoms with Gasteiger partial charge in [-0.3, -0.25) is 10.1 Å². The summed E-state index contributed by atoms with van der Waals surface area (Å²) in [6.07, 6.45) is 0. The number of ether oxygens (including phenoxy) is 1. The Labute approximate surface area is 137 Å². The van der Waals surface area contributed by atoms with Gasteiger partial charge in [-0.15, -0.1) is 0 Å². The molecule has 4 nitrogen and oxygen atoms in total. The van der Waals surface area contributed by atoms with E-state index in [1.54, 1.807) is 6.07 Å². The average Bonchev–Trinajstić information content (AvgIpc) is 2.56. The lowest BCUT2D eigenvalue weighted by Crippen LogP contribution is -2.33. The number of nitrogens with one attached hydrogen (secondary N) is 1. The van der Waals surface area contributed by atoms with E-state index in [1.807, 2.05) is 69.3 Å². The Morgan fingerprint density at radius 3 is 2.43 bits per heavy atom. The number of carbonyl (C=O) groups excluding carboxylic acids is 1. The molecule has 0 aliphatic rings. The van der Waals surface area contributed by atoms with Crippen LogP contribution in [0.25, 0.3) is 0 Å². The van der Waals surface area contributed by atoms with Gasteiger partial charge in [0.25, 0.3) is 11.9 Å². The fraction of sp³-hybridized carbons (Fsp3) is 0.263. The summed E-state index contributed by atoms with van der Waals surface area (Å²) < 4.78 is 5.48. The van der Waals surface area contributed by atoms with Gasteiger partial charge in [0.2, 0.25) is 0 Å². The average molecular weight is 310 g/mol. The van der Waals surface area contributed by atoms with Crippen LogP contribution in [0.4, 0.5) is 0 Å². The van der Waals surface area contributed by atoms with Crippen molar-refractivity contribution in [3.63, 3.8) is 0 Å². The molecule has 0 unspecified atom stereocenters. The first-order chi connectivity index (χ1) is 11.1. The van der Waals surface area contributed by atoms with Crippen molar-refractivity contribution in [1.82, 2.24) is 5.32 Å². The molecule has 0 saturated carbocycles. The first-order valence-corrected chi connectivity index (χ1v) is 7.74. The molecule has 0 bridgehead atoms. The fourth-order valence-corrected chi connectivity index (χ4v) is 2.22. The van der Waals surface area contributed by atoms with Crippen molar-refractivity contribution in [2.75, 3.05) is 6.61 Å². The van der Waals surface area contributed by atoms with Gasteiger partial charge in [-0.05, 0) is 38.0 Å². The van der Waals surface area contributed by atoms with E-state index in [4.69, 9.17) is 4.74 Å². The summed E-state index contributed by atoms with van der Waals surface area (Å²) in [5, 5.41) is 2.76. The lowest BCUT2D eigenvalue weighted by atomic mass is 10.1. The summed E-state index contributed by atoms with van der Waals surface area (Å²) in [6, 6.07) is 17.5. The molecule has 2 aromatic carbocycles. The quantitative estimate of drug-likeness (QED) is 0.688. The number of amidine groups is 1.